The minimum atomic E-state index is -1.23. The zero-order valence-corrected chi connectivity index (χ0v) is 16.1. The minimum Gasteiger partial charge on any atom is -0.480 e. The Labute approximate surface area is 175 Å². The first-order valence-corrected chi connectivity index (χ1v) is 9.12. The molecule has 159 valence electrons. The Morgan fingerprint density at radius 1 is 1.19 bits per heavy atom. The number of carbonyl (C=O) groups excluding carboxylic acids is 2. The molecular weight excluding hydrogens is 406 g/mol. The van der Waals surface area contributed by atoms with Crippen LogP contribution < -0.4 is 21.9 Å². The molecule has 0 fully saturated rings. The van der Waals surface area contributed by atoms with Crippen molar-refractivity contribution in [1.82, 2.24) is 25.3 Å². The van der Waals surface area contributed by atoms with Gasteiger partial charge in [-0.3, -0.25) is 14.4 Å². The summed E-state index contributed by atoms with van der Waals surface area (Å²) >= 11 is 0. The van der Waals surface area contributed by atoms with Gasteiger partial charge >= 0.3 is 11.5 Å². The van der Waals surface area contributed by atoms with Crippen LogP contribution in [0.4, 0.5) is 11.6 Å². The van der Waals surface area contributed by atoms with Crippen molar-refractivity contribution in [3.8, 4) is 11.5 Å². The highest BCUT2D eigenvalue weighted by molar-refractivity contribution is 5.96. The molecule has 2 aliphatic heterocycles. The number of H-pyrrole nitrogens is 1. The Balaban J connectivity index is 1.63. The molecule has 1 amide bonds. The van der Waals surface area contributed by atoms with E-state index in [4.69, 9.17) is 10.8 Å². The van der Waals surface area contributed by atoms with Crippen LogP contribution in [0.25, 0.3) is 11.5 Å². The van der Waals surface area contributed by atoms with Gasteiger partial charge in [-0.2, -0.15) is 9.97 Å². The van der Waals surface area contributed by atoms with E-state index < -0.39 is 23.5 Å². The normalized spacial score (nSPS) is 11.6. The summed E-state index contributed by atoms with van der Waals surface area (Å²) in [6.45, 7) is 0.269. The van der Waals surface area contributed by atoms with Crippen LogP contribution in [0, 0.1) is 0 Å². The molecule has 1 atom stereocenters. The van der Waals surface area contributed by atoms with Gasteiger partial charge in [0.2, 0.25) is 5.95 Å². The van der Waals surface area contributed by atoms with Gasteiger partial charge in [0.15, 0.2) is 17.8 Å². The predicted molar refractivity (Wildman–Crippen MR) is 109 cm³/mol. The molecule has 0 bridgehead atoms. The molecule has 1 radical (unpaired) electrons. The summed E-state index contributed by atoms with van der Waals surface area (Å²) in [5.74, 6) is -1.70. The zero-order chi connectivity index (χ0) is 22.4. The number of anilines is 2. The van der Waals surface area contributed by atoms with Crippen LogP contribution in [-0.4, -0.2) is 49.2 Å². The van der Waals surface area contributed by atoms with Crippen molar-refractivity contribution in [2.75, 3.05) is 11.1 Å². The molecule has 2 aliphatic rings. The number of hydrogen-bond acceptors (Lipinski definition) is 9. The van der Waals surface area contributed by atoms with Crippen LogP contribution in [0.3, 0.4) is 0 Å². The van der Waals surface area contributed by atoms with E-state index in [0.29, 0.717) is 11.4 Å². The van der Waals surface area contributed by atoms with Crippen molar-refractivity contribution >= 4 is 29.8 Å². The summed E-state index contributed by atoms with van der Waals surface area (Å²) in [6.07, 6.45) is 3.05. The Bertz CT molecular complexity index is 1130. The van der Waals surface area contributed by atoms with E-state index in [1.165, 1.54) is 12.1 Å². The van der Waals surface area contributed by atoms with Crippen molar-refractivity contribution in [3.05, 3.63) is 52.1 Å². The number of fused-ring (bicyclic) bond motifs is 1. The number of carboxylic acid groups (broad SMARTS) is 1. The van der Waals surface area contributed by atoms with Gasteiger partial charge in [0.25, 0.3) is 5.91 Å². The first-order valence-electron chi connectivity index (χ1n) is 9.12. The Kier molecular flexibility index (Phi) is 6.50. The van der Waals surface area contributed by atoms with Crippen LogP contribution in [0.2, 0.25) is 0 Å². The number of aliphatic carboxylic acids is 1. The third-order valence-electron chi connectivity index (χ3n) is 4.26. The third kappa shape index (κ3) is 5.38. The summed E-state index contributed by atoms with van der Waals surface area (Å²) in [5, 5.41) is 14.6. The fraction of sp³-hybridized carbons (Fsp3) is 0.211. The van der Waals surface area contributed by atoms with E-state index in [1.807, 2.05) is 0 Å². The van der Waals surface area contributed by atoms with Crippen LogP contribution in [-0.2, 0) is 16.1 Å². The van der Waals surface area contributed by atoms with E-state index in [0.717, 1.165) is 0 Å². The number of amides is 1. The number of nitrogens with one attached hydrogen (secondary N) is 3. The molecule has 2 heterocycles. The Morgan fingerprint density at radius 3 is 2.61 bits per heavy atom. The monoisotopic (exact) mass is 424 g/mol. The number of carboxylic acids is 1. The first-order chi connectivity index (χ1) is 14.9. The highest BCUT2D eigenvalue weighted by atomic mass is 16.4. The van der Waals surface area contributed by atoms with E-state index in [-0.39, 0.29) is 42.4 Å². The maximum Gasteiger partial charge on any atom is 0.326 e. The summed E-state index contributed by atoms with van der Waals surface area (Å²) < 4.78 is 0. The van der Waals surface area contributed by atoms with Gasteiger partial charge in [-0.1, -0.05) is 0 Å². The van der Waals surface area contributed by atoms with Crippen molar-refractivity contribution in [2.24, 2.45) is 0 Å². The van der Waals surface area contributed by atoms with Gasteiger partial charge < -0.3 is 26.5 Å². The second kappa shape index (κ2) is 9.43. The molecule has 6 N–H and O–H groups in total. The predicted octanol–water partition coefficient (Wildman–Crippen LogP) is -0.0681. The molecule has 12 heteroatoms. The average Bonchev–Trinajstić information content (AvgIpc) is 2.75. The molecule has 0 saturated heterocycles. The van der Waals surface area contributed by atoms with Gasteiger partial charge in [-0.15, -0.1) is 0 Å². The molecule has 0 aliphatic carbocycles. The van der Waals surface area contributed by atoms with E-state index in [1.54, 1.807) is 24.6 Å². The average molecular weight is 424 g/mol. The molecule has 12 nitrogen and oxygen atoms in total. The maximum atomic E-state index is 12.2. The fourth-order valence-electron chi connectivity index (χ4n) is 2.70. The van der Waals surface area contributed by atoms with Crippen LogP contribution in [0.1, 0.15) is 28.9 Å². The highest BCUT2D eigenvalue weighted by Crippen LogP contribution is 2.13. The topological polar surface area (TPSA) is 193 Å². The lowest BCUT2D eigenvalue weighted by Gasteiger charge is -2.13. The number of benzene rings is 1. The van der Waals surface area contributed by atoms with Crippen LogP contribution >= 0.6 is 0 Å². The second-order valence-corrected chi connectivity index (χ2v) is 6.45. The molecule has 31 heavy (non-hydrogen) atoms. The summed E-state index contributed by atoms with van der Waals surface area (Å²) in [6, 6.07) is 5.14. The molecule has 0 aromatic heterocycles. The summed E-state index contributed by atoms with van der Waals surface area (Å²) in [7, 11) is 0. The van der Waals surface area contributed by atoms with Crippen molar-refractivity contribution in [2.45, 2.75) is 25.4 Å². The zero-order valence-electron chi connectivity index (χ0n) is 16.1. The van der Waals surface area contributed by atoms with Crippen LogP contribution in [0.5, 0.6) is 0 Å². The molecule has 1 aromatic rings. The summed E-state index contributed by atoms with van der Waals surface area (Å²) in [4.78, 5) is 60.1. The van der Waals surface area contributed by atoms with E-state index in [9.17, 15) is 19.2 Å². The lowest BCUT2D eigenvalue weighted by molar-refractivity contribution is -0.139. The minimum absolute atomic E-state index is 0.0390. The fourth-order valence-corrected chi connectivity index (χ4v) is 2.70. The molecule has 1 aromatic carbocycles. The quantitative estimate of drug-likeness (QED) is 0.310. The van der Waals surface area contributed by atoms with Crippen molar-refractivity contribution in [1.29, 1.82) is 0 Å². The molecule has 0 spiro atoms. The molecule has 0 saturated carbocycles. The van der Waals surface area contributed by atoms with Crippen molar-refractivity contribution < 1.29 is 19.5 Å². The number of nitrogens with two attached hydrogens (primary N) is 1. The van der Waals surface area contributed by atoms with Crippen LogP contribution in [0.15, 0.2) is 35.3 Å². The van der Waals surface area contributed by atoms with E-state index in [2.05, 4.69) is 30.6 Å². The van der Waals surface area contributed by atoms with Gasteiger partial charge in [-0.05, 0) is 30.7 Å². The van der Waals surface area contributed by atoms with Gasteiger partial charge in [-0.25, -0.2) is 9.78 Å². The van der Waals surface area contributed by atoms with E-state index >= 15 is 0 Å². The number of nitrogen functional groups attached to an aromatic ring is 1. The largest absolute Gasteiger partial charge is 0.480 e. The van der Waals surface area contributed by atoms with Crippen molar-refractivity contribution in [3.63, 3.8) is 0 Å². The number of hydrogen-bond donors (Lipinski definition) is 5. The number of carbonyl (C=O) groups is 2. The number of aromatic nitrogens is 4. The highest BCUT2D eigenvalue weighted by Gasteiger charge is 2.20. The number of rotatable bonds is 9. The maximum absolute atomic E-state index is 12.2. The standard InChI is InChI=1S/C19H18N7O5/c20-19-25-15-14(17(29)26-19)23-12(9-22-15)8-21-11-5-3-10(4-6-11)16(28)24-13(18(30)31)2-1-7-27/h3-6,9,13,21H,1-2,8H2,(H,24,28)(H,30,31)(H3,20,22,25,26,29). The summed E-state index contributed by atoms with van der Waals surface area (Å²) in [5.41, 5.74) is 6.38. The lowest BCUT2D eigenvalue weighted by atomic mass is 10.1. The molecule has 1 unspecified atom stereocenters. The number of nitrogens with zero attached hydrogens (tertiary/aromatic N) is 3. The van der Waals surface area contributed by atoms with Gasteiger partial charge in [0.05, 0.1) is 12.2 Å². The Morgan fingerprint density at radius 2 is 1.94 bits per heavy atom. The first kappa shape index (κ1) is 21.4. The second-order valence-electron chi connectivity index (χ2n) is 6.45. The SMILES string of the molecule is Nc1nc2[nH]cc(CNc3ccc(C(=O)NC(CC[C]=O)C(=O)O)cc3)nc-2c(=O)n1. The lowest BCUT2D eigenvalue weighted by Crippen LogP contribution is -2.40. The molecule has 3 rings (SSSR count). The molecular formula is C19H18N7O5. The smallest absolute Gasteiger partial charge is 0.326 e. The Hall–Kier alpha value is -4.35. The third-order valence-corrected chi connectivity index (χ3v) is 4.26. The number of aromatic amines is 1. The van der Waals surface area contributed by atoms with Gasteiger partial charge in [0, 0.05) is 23.9 Å². The van der Waals surface area contributed by atoms with Gasteiger partial charge in [0.1, 0.15) is 6.04 Å².